The molecule has 0 fully saturated rings. The predicted molar refractivity (Wildman–Crippen MR) is 97.4 cm³/mol. The Labute approximate surface area is 153 Å². The monoisotopic (exact) mass is 354 g/mol. The van der Waals surface area contributed by atoms with E-state index in [2.05, 4.69) is 12.0 Å². The first-order valence-corrected chi connectivity index (χ1v) is 8.31. The van der Waals surface area contributed by atoms with Crippen LogP contribution in [0.15, 0.2) is 36.7 Å². The number of carbonyl (C=O) groups excluding carboxylic acids is 1. The highest BCUT2D eigenvalue weighted by Gasteiger charge is 2.20. The predicted octanol–water partition coefficient (Wildman–Crippen LogP) is 4.50. The van der Waals surface area contributed by atoms with Crippen molar-refractivity contribution in [1.82, 2.24) is 4.57 Å². The van der Waals surface area contributed by atoms with E-state index in [0.717, 1.165) is 11.1 Å². The fourth-order valence-electron chi connectivity index (χ4n) is 2.50. The number of halogens is 1. The number of nitriles is 1. The fraction of sp³-hybridized carbons (Fsp3) is 0.300. The molecule has 128 valence electrons. The number of nitrogens with zero attached hydrogens (tertiary/aromatic N) is 2. The fourth-order valence-corrected chi connectivity index (χ4v) is 2.68. The van der Waals surface area contributed by atoms with E-state index in [-0.39, 0.29) is 12.3 Å². The van der Waals surface area contributed by atoms with Crippen LogP contribution in [0.1, 0.15) is 43.2 Å². The summed E-state index contributed by atoms with van der Waals surface area (Å²) in [4.78, 5) is 12.3. The first-order valence-electron chi connectivity index (χ1n) is 7.93. The number of hydrogen-bond donors (Lipinski definition) is 0. The second-order valence-corrected chi connectivity index (χ2v) is 6.45. The Kier molecular flexibility index (Phi) is 6.28. The standard InChI is InChI=1S/C20H19ClN2O2/c1-4-8-23-9-7-15(13-23)16(12-22)10-20(24)25-19-6-5-17(21)11-18(19)14(2)3/h1,5-7,9,11,13-14,16H,8,10H2,2-3H3. The van der Waals surface area contributed by atoms with Gasteiger partial charge >= 0.3 is 5.97 Å². The lowest BCUT2D eigenvalue weighted by molar-refractivity contribution is -0.134. The quantitative estimate of drug-likeness (QED) is 0.436. The summed E-state index contributed by atoms with van der Waals surface area (Å²) in [6.45, 7) is 4.41. The molecule has 1 atom stereocenters. The molecule has 0 radical (unpaired) electrons. The second kappa shape index (κ2) is 8.42. The van der Waals surface area contributed by atoms with Crippen molar-refractivity contribution in [3.8, 4) is 24.2 Å². The lowest BCUT2D eigenvalue weighted by Crippen LogP contribution is -2.13. The van der Waals surface area contributed by atoms with E-state index >= 15 is 0 Å². The molecule has 1 unspecified atom stereocenters. The van der Waals surface area contributed by atoms with Crippen molar-refractivity contribution in [1.29, 1.82) is 5.26 Å². The molecule has 2 aromatic rings. The maximum Gasteiger partial charge on any atom is 0.312 e. The van der Waals surface area contributed by atoms with Crippen LogP contribution in [0.3, 0.4) is 0 Å². The SMILES string of the molecule is C#CCn1ccc(C(C#N)CC(=O)Oc2ccc(Cl)cc2C(C)C)c1. The molecule has 0 bridgehead atoms. The number of carbonyl (C=O) groups is 1. The Morgan fingerprint density at radius 3 is 2.80 bits per heavy atom. The molecule has 0 spiro atoms. The lowest BCUT2D eigenvalue weighted by atomic mass is 10.00. The van der Waals surface area contributed by atoms with Crippen LogP contribution in [-0.4, -0.2) is 10.5 Å². The summed E-state index contributed by atoms with van der Waals surface area (Å²) in [5, 5.41) is 9.98. The summed E-state index contributed by atoms with van der Waals surface area (Å²) in [5.41, 5.74) is 1.60. The van der Waals surface area contributed by atoms with Gasteiger partial charge in [-0.3, -0.25) is 4.79 Å². The molecule has 0 amide bonds. The number of aromatic nitrogens is 1. The van der Waals surface area contributed by atoms with E-state index in [1.54, 1.807) is 41.2 Å². The molecule has 5 heteroatoms. The third-order valence-corrected chi connectivity index (χ3v) is 4.03. The van der Waals surface area contributed by atoms with Crippen LogP contribution in [0, 0.1) is 23.7 Å². The van der Waals surface area contributed by atoms with Crippen LogP contribution in [0.25, 0.3) is 0 Å². The Balaban J connectivity index is 2.11. The third-order valence-electron chi connectivity index (χ3n) is 3.79. The van der Waals surface area contributed by atoms with Crippen molar-refractivity contribution in [2.24, 2.45) is 0 Å². The summed E-state index contributed by atoms with van der Waals surface area (Å²) in [5.74, 6) is 2.12. The Morgan fingerprint density at radius 1 is 1.40 bits per heavy atom. The highest BCUT2D eigenvalue weighted by atomic mass is 35.5. The third kappa shape index (κ3) is 4.89. The van der Waals surface area contributed by atoms with Gasteiger partial charge in [-0.05, 0) is 41.3 Å². The van der Waals surface area contributed by atoms with E-state index in [1.165, 1.54) is 0 Å². The Bertz CT molecular complexity index is 840. The first-order chi connectivity index (χ1) is 11.9. The van der Waals surface area contributed by atoms with E-state index in [9.17, 15) is 10.1 Å². The van der Waals surface area contributed by atoms with Crippen molar-refractivity contribution in [2.75, 3.05) is 0 Å². The first kappa shape index (κ1) is 18.6. The zero-order valence-corrected chi connectivity index (χ0v) is 15.0. The van der Waals surface area contributed by atoms with Crippen LogP contribution in [-0.2, 0) is 11.3 Å². The minimum Gasteiger partial charge on any atom is -0.426 e. The van der Waals surface area contributed by atoms with Gasteiger partial charge in [0.15, 0.2) is 0 Å². The lowest BCUT2D eigenvalue weighted by Gasteiger charge is -2.14. The molecule has 4 nitrogen and oxygen atoms in total. The molecule has 2 rings (SSSR count). The zero-order valence-electron chi connectivity index (χ0n) is 14.2. The Hall–Kier alpha value is -2.69. The van der Waals surface area contributed by atoms with Gasteiger partial charge < -0.3 is 9.30 Å². The molecule has 0 N–H and O–H groups in total. The van der Waals surface area contributed by atoms with Crippen LogP contribution in [0.4, 0.5) is 0 Å². The van der Waals surface area contributed by atoms with Gasteiger partial charge in [0.05, 0.1) is 25.0 Å². The average Bonchev–Trinajstić information content (AvgIpc) is 3.03. The zero-order chi connectivity index (χ0) is 18.4. The average molecular weight is 355 g/mol. The van der Waals surface area contributed by atoms with Gasteiger partial charge in [0, 0.05) is 17.4 Å². The Morgan fingerprint density at radius 2 is 2.16 bits per heavy atom. The number of hydrogen-bond acceptors (Lipinski definition) is 3. The van der Waals surface area contributed by atoms with Crippen molar-refractivity contribution in [3.63, 3.8) is 0 Å². The maximum atomic E-state index is 12.3. The second-order valence-electron chi connectivity index (χ2n) is 6.02. The van der Waals surface area contributed by atoms with Gasteiger partial charge in [-0.2, -0.15) is 5.26 Å². The van der Waals surface area contributed by atoms with E-state index < -0.39 is 11.9 Å². The number of esters is 1. The molecule has 0 aliphatic carbocycles. The summed E-state index contributed by atoms with van der Waals surface area (Å²) in [6.07, 6.45) is 8.82. The number of rotatable bonds is 6. The van der Waals surface area contributed by atoms with E-state index in [4.69, 9.17) is 22.8 Å². The molecule has 1 aromatic carbocycles. The van der Waals surface area contributed by atoms with Gasteiger partial charge in [0.25, 0.3) is 0 Å². The summed E-state index contributed by atoms with van der Waals surface area (Å²) in [6, 6.07) is 9.09. The van der Waals surface area contributed by atoms with Gasteiger partial charge in [-0.1, -0.05) is 31.4 Å². The van der Waals surface area contributed by atoms with Crippen molar-refractivity contribution >= 4 is 17.6 Å². The highest BCUT2D eigenvalue weighted by Crippen LogP contribution is 2.30. The van der Waals surface area contributed by atoms with Crippen LogP contribution in [0.2, 0.25) is 5.02 Å². The normalized spacial score (nSPS) is 11.6. The molecule has 0 aliphatic heterocycles. The minimum atomic E-state index is -0.582. The van der Waals surface area contributed by atoms with Crippen LogP contribution >= 0.6 is 11.6 Å². The maximum absolute atomic E-state index is 12.3. The van der Waals surface area contributed by atoms with Gasteiger partial charge in [0.1, 0.15) is 5.75 Å². The van der Waals surface area contributed by atoms with Crippen molar-refractivity contribution < 1.29 is 9.53 Å². The van der Waals surface area contributed by atoms with E-state index in [1.807, 2.05) is 13.8 Å². The van der Waals surface area contributed by atoms with Gasteiger partial charge in [-0.15, -0.1) is 6.42 Å². The molecule has 0 saturated heterocycles. The molecule has 1 heterocycles. The molecule has 1 aromatic heterocycles. The molecular formula is C20H19ClN2O2. The molecular weight excluding hydrogens is 336 g/mol. The van der Waals surface area contributed by atoms with E-state index in [0.29, 0.717) is 17.3 Å². The number of benzene rings is 1. The smallest absolute Gasteiger partial charge is 0.312 e. The molecule has 0 saturated carbocycles. The number of ether oxygens (including phenoxy) is 1. The summed E-state index contributed by atoms with van der Waals surface area (Å²) < 4.78 is 7.27. The van der Waals surface area contributed by atoms with Crippen molar-refractivity contribution in [2.45, 2.75) is 38.6 Å². The van der Waals surface area contributed by atoms with Crippen molar-refractivity contribution in [3.05, 3.63) is 52.8 Å². The van der Waals surface area contributed by atoms with Gasteiger partial charge in [0.2, 0.25) is 0 Å². The topological polar surface area (TPSA) is 55.0 Å². The van der Waals surface area contributed by atoms with Crippen LogP contribution in [0.5, 0.6) is 5.75 Å². The summed E-state index contributed by atoms with van der Waals surface area (Å²) >= 11 is 6.01. The highest BCUT2D eigenvalue weighted by molar-refractivity contribution is 6.30. The number of terminal acetylenes is 1. The van der Waals surface area contributed by atoms with Gasteiger partial charge in [-0.25, -0.2) is 0 Å². The minimum absolute atomic E-state index is 0.0310. The molecule has 25 heavy (non-hydrogen) atoms. The summed E-state index contributed by atoms with van der Waals surface area (Å²) in [7, 11) is 0. The molecule has 0 aliphatic rings. The van der Waals surface area contributed by atoms with Crippen LogP contribution < -0.4 is 4.74 Å². The largest absolute Gasteiger partial charge is 0.426 e.